The van der Waals surface area contributed by atoms with E-state index in [1.165, 1.54) is 23.5 Å². The third-order valence-electron chi connectivity index (χ3n) is 4.04. The van der Waals surface area contributed by atoms with Gasteiger partial charge in [0.25, 0.3) is 0 Å². The van der Waals surface area contributed by atoms with E-state index in [0.717, 1.165) is 41.8 Å². The van der Waals surface area contributed by atoms with Gasteiger partial charge in [0, 0.05) is 5.56 Å². The zero-order valence-corrected chi connectivity index (χ0v) is 15.1. The van der Waals surface area contributed by atoms with Gasteiger partial charge in [-0.25, -0.2) is 14.4 Å². The van der Waals surface area contributed by atoms with Gasteiger partial charge in [-0.15, -0.1) is 11.3 Å². The van der Waals surface area contributed by atoms with Crippen molar-refractivity contribution in [1.82, 2.24) is 9.97 Å². The zero-order valence-electron chi connectivity index (χ0n) is 13.4. The molecule has 3 aromatic carbocycles. The zero-order chi connectivity index (χ0) is 17.5. The molecular weight excluding hydrogens is 365 g/mol. The minimum Gasteiger partial charge on any atom is -0.331 e. The normalized spacial score (nSPS) is 11.3. The Hall–Kier alpha value is -2.83. The Morgan fingerprint density at radius 2 is 1.58 bits per heavy atom. The van der Waals surface area contributed by atoms with E-state index in [-0.39, 0.29) is 5.82 Å². The first-order valence-corrected chi connectivity index (χ1v) is 9.68. The van der Waals surface area contributed by atoms with Gasteiger partial charge >= 0.3 is 0 Å². The van der Waals surface area contributed by atoms with Gasteiger partial charge in [-0.3, -0.25) is 0 Å². The minimum atomic E-state index is -0.248. The number of hydrogen-bond donors (Lipinski definition) is 1. The molecule has 0 bridgehead atoms. The molecule has 0 fully saturated rings. The Morgan fingerprint density at radius 1 is 0.769 bits per heavy atom. The van der Waals surface area contributed by atoms with Gasteiger partial charge in [-0.05, 0) is 42.5 Å². The number of anilines is 2. The topological polar surface area (TPSA) is 37.8 Å². The van der Waals surface area contributed by atoms with Gasteiger partial charge in [0.05, 0.1) is 26.1 Å². The summed E-state index contributed by atoms with van der Waals surface area (Å²) in [5.41, 5.74) is 3.75. The number of rotatable bonds is 3. The highest BCUT2D eigenvalue weighted by molar-refractivity contribution is 7.22. The summed E-state index contributed by atoms with van der Waals surface area (Å²) in [6.45, 7) is 0. The Labute approximate surface area is 156 Å². The molecule has 0 radical (unpaired) electrons. The van der Waals surface area contributed by atoms with Crippen LogP contribution in [0.25, 0.3) is 31.0 Å². The Morgan fingerprint density at radius 3 is 2.50 bits per heavy atom. The highest BCUT2D eigenvalue weighted by atomic mass is 32.1. The summed E-state index contributed by atoms with van der Waals surface area (Å²) in [6.07, 6.45) is 0. The predicted molar refractivity (Wildman–Crippen MR) is 108 cm³/mol. The van der Waals surface area contributed by atoms with Crippen LogP contribution < -0.4 is 5.32 Å². The van der Waals surface area contributed by atoms with E-state index in [1.54, 1.807) is 17.4 Å². The smallest absolute Gasteiger partial charge is 0.188 e. The van der Waals surface area contributed by atoms with Crippen LogP contribution in [0, 0.1) is 5.82 Å². The van der Waals surface area contributed by atoms with Crippen molar-refractivity contribution in [3.63, 3.8) is 0 Å². The summed E-state index contributed by atoms with van der Waals surface area (Å²) in [4.78, 5) is 9.30. The number of thiazole rings is 2. The summed E-state index contributed by atoms with van der Waals surface area (Å²) >= 11 is 3.10. The number of para-hydroxylation sites is 2. The monoisotopic (exact) mass is 377 g/mol. The number of aromatic nitrogens is 2. The van der Waals surface area contributed by atoms with Crippen LogP contribution in [-0.2, 0) is 0 Å². The maximum atomic E-state index is 13.4. The highest BCUT2D eigenvalue weighted by Gasteiger charge is 2.12. The molecule has 5 rings (SSSR count). The third kappa shape index (κ3) is 2.73. The molecule has 126 valence electrons. The van der Waals surface area contributed by atoms with E-state index in [4.69, 9.17) is 4.98 Å². The summed E-state index contributed by atoms with van der Waals surface area (Å²) < 4.78 is 15.4. The molecule has 0 spiro atoms. The second-order valence-corrected chi connectivity index (χ2v) is 7.85. The third-order valence-corrected chi connectivity index (χ3v) is 6.05. The first-order chi connectivity index (χ1) is 12.8. The molecule has 26 heavy (non-hydrogen) atoms. The molecule has 1 N–H and O–H groups in total. The van der Waals surface area contributed by atoms with Crippen LogP contribution in [0.15, 0.2) is 66.7 Å². The van der Waals surface area contributed by atoms with Crippen molar-refractivity contribution in [2.24, 2.45) is 0 Å². The van der Waals surface area contributed by atoms with Gasteiger partial charge in [0.15, 0.2) is 5.13 Å². The average molecular weight is 377 g/mol. The van der Waals surface area contributed by atoms with Crippen molar-refractivity contribution in [3.8, 4) is 10.6 Å². The van der Waals surface area contributed by atoms with Gasteiger partial charge in [0.2, 0.25) is 0 Å². The molecule has 3 nitrogen and oxygen atoms in total. The van der Waals surface area contributed by atoms with E-state index in [2.05, 4.69) is 16.4 Å². The molecule has 2 heterocycles. The van der Waals surface area contributed by atoms with Crippen LogP contribution in [0.3, 0.4) is 0 Å². The fourth-order valence-electron chi connectivity index (χ4n) is 2.83. The van der Waals surface area contributed by atoms with Crippen LogP contribution >= 0.6 is 22.7 Å². The predicted octanol–water partition coefficient (Wildman–Crippen LogP) is 6.46. The second-order valence-electron chi connectivity index (χ2n) is 5.79. The van der Waals surface area contributed by atoms with E-state index in [1.807, 2.05) is 42.5 Å². The number of nitrogens with one attached hydrogen (secondary N) is 1. The number of fused-ring (bicyclic) bond motifs is 2. The Balaban J connectivity index is 1.56. The highest BCUT2D eigenvalue weighted by Crippen LogP contribution is 2.37. The molecule has 0 saturated heterocycles. The molecule has 0 aliphatic carbocycles. The lowest BCUT2D eigenvalue weighted by Gasteiger charge is -2.07. The molecule has 5 aromatic rings. The van der Waals surface area contributed by atoms with Crippen LogP contribution in [0.4, 0.5) is 15.2 Å². The van der Waals surface area contributed by atoms with E-state index < -0.39 is 0 Å². The van der Waals surface area contributed by atoms with Gasteiger partial charge < -0.3 is 5.32 Å². The van der Waals surface area contributed by atoms with Gasteiger partial charge in [-0.2, -0.15) is 0 Å². The lowest BCUT2D eigenvalue weighted by atomic mass is 10.2. The fourth-order valence-corrected chi connectivity index (χ4v) is 4.74. The number of hydrogen-bond acceptors (Lipinski definition) is 5. The number of benzene rings is 3. The lowest BCUT2D eigenvalue weighted by molar-refractivity contribution is 0.630. The van der Waals surface area contributed by atoms with E-state index in [0.29, 0.717) is 0 Å². The Bertz CT molecular complexity index is 1210. The molecule has 0 aliphatic heterocycles. The van der Waals surface area contributed by atoms with Gasteiger partial charge in [-0.1, -0.05) is 35.6 Å². The SMILES string of the molecule is Fc1ccc2nc(Nc3ccccc3-c3nc4ccccc4s3)sc2c1. The molecule has 0 aliphatic rings. The van der Waals surface area contributed by atoms with Crippen LogP contribution in [0.5, 0.6) is 0 Å². The van der Waals surface area contributed by atoms with Crippen molar-refractivity contribution in [2.75, 3.05) is 5.32 Å². The van der Waals surface area contributed by atoms with E-state index in [9.17, 15) is 4.39 Å². The maximum Gasteiger partial charge on any atom is 0.188 e. The molecular formula is C20H12FN3S2. The standard InChI is InChI=1S/C20H12FN3S2/c21-12-9-10-16-18(11-12)26-20(24-16)23-14-6-2-1-5-13(14)19-22-15-7-3-4-8-17(15)25-19/h1-11H,(H,23,24). The molecule has 6 heteroatoms. The maximum absolute atomic E-state index is 13.4. The molecule has 0 unspecified atom stereocenters. The quantitative estimate of drug-likeness (QED) is 0.392. The van der Waals surface area contributed by atoms with Crippen molar-refractivity contribution in [3.05, 3.63) is 72.5 Å². The summed E-state index contributed by atoms with van der Waals surface area (Å²) in [5, 5.41) is 5.07. The second kappa shape index (κ2) is 6.16. The number of halogens is 1. The molecule has 0 atom stereocenters. The number of nitrogens with zero attached hydrogens (tertiary/aromatic N) is 2. The van der Waals surface area contributed by atoms with Crippen LogP contribution in [0.2, 0.25) is 0 Å². The minimum absolute atomic E-state index is 0.248. The van der Waals surface area contributed by atoms with Gasteiger partial charge in [0.1, 0.15) is 10.8 Å². The van der Waals surface area contributed by atoms with E-state index >= 15 is 0 Å². The first kappa shape index (κ1) is 15.4. The van der Waals surface area contributed by atoms with Crippen molar-refractivity contribution < 1.29 is 4.39 Å². The molecule has 0 saturated carbocycles. The van der Waals surface area contributed by atoms with Crippen LogP contribution in [-0.4, -0.2) is 9.97 Å². The van der Waals surface area contributed by atoms with Crippen molar-refractivity contribution in [1.29, 1.82) is 0 Å². The summed E-state index contributed by atoms with van der Waals surface area (Å²) in [6, 6.07) is 20.8. The first-order valence-electron chi connectivity index (χ1n) is 8.04. The largest absolute Gasteiger partial charge is 0.331 e. The Kier molecular flexibility index (Phi) is 3.65. The van der Waals surface area contributed by atoms with Crippen molar-refractivity contribution in [2.45, 2.75) is 0 Å². The van der Waals surface area contributed by atoms with Crippen molar-refractivity contribution >= 4 is 53.9 Å². The average Bonchev–Trinajstić information content (AvgIpc) is 3.25. The molecule has 2 aromatic heterocycles. The summed E-state index contributed by atoms with van der Waals surface area (Å²) in [5.74, 6) is -0.248. The summed E-state index contributed by atoms with van der Waals surface area (Å²) in [7, 11) is 0. The lowest BCUT2D eigenvalue weighted by Crippen LogP contribution is -1.92. The van der Waals surface area contributed by atoms with Crippen LogP contribution in [0.1, 0.15) is 0 Å². The molecule has 0 amide bonds. The fraction of sp³-hybridized carbons (Fsp3) is 0.